The molecule has 0 aromatic heterocycles. The van der Waals surface area contributed by atoms with Crippen molar-refractivity contribution in [2.75, 3.05) is 26.3 Å². The molecule has 0 radical (unpaired) electrons. The van der Waals surface area contributed by atoms with Gasteiger partial charge in [-0.25, -0.2) is 0 Å². The fourth-order valence-corrected chi connectivity index (χ4v) is 3.68. The molecule has 0 amide bonds. The van der Waals surface area contributed by atoms with Gasteiger partial charge in [0.25, 0.3) is 0 Å². The lowest BCUT2D eigenvalue weighted by molar-refractivity contribution is -0.154. The van der Waals surface area contributed by atoms with Crippen molar-refractivity contribution in [2.45, 2.75) is 108 Å². The quantitative estimate of drug-likeness (QED) is 0.0765. The van der Waals surface area contributed by atoms with Crippen molar-refractivity contribution in [3.63, 3.8) is 0 Å². The van der Waals surface area contributed by atoms with Crippen molar-refractivity contribution in [1.82, 2.24) is 4.90 Å². The van der Waals surface area contributed by atoms with Crippen LogP contribution in [-0.2, 0) is 19.1 Å². The van der Waals surface area contributed by atoms with Crippen LogP contribution in [-0.4, -0.2) is 106 Å². The molecule has 0 spiro atoms. The smallest absolute Gasteiger partial charge is 0.323 e. The third-order valence-electron chi connectivity index (χ3n) is 5.83. The van der Waals surface area contributed by atoms with Crippen LogP contribution in [0.1, 0.15) is 77.6 Å². The summed E-state index contributed by atoms with van der Waals surface area (Å²) in [5.74, 6) is -0.720. The Morgan fingerprint density at radius 1 is 0.824 bits per heavy atom. The molecule has 0 aliphatic heterocycles. The second-order valence-electron chi connectivity index (χ2n) is 8.69. The summed E-state index contributed by atoms with van der Waals surface area (Å²) in [6.45, 7) is 0.767. The maximum atomic E-state index is 12.5. The van der Waals surface area contributed by atoms with Gasteiger partial charge in [0.15, 0.2) is 0 Å². The zero-order chi connectivity index (χ0) is 25.8. The molecule has 5 atom stereocenters. The number of aliphatic hydroxyl groups is 5. The summed E-state index contributed by atoms with van der Waals surface area (Å²) in [6.07, 6.45) is 4.95. The summed E-state index contributed by atoms with van der Waals surface area (Å²) in [7, 11) is 0. The number of aliphatic hydroxyl groups excluding tert-OH is 5. The summed E-state index contributed by atoms with van der Waals surface area (Å²) in [5.41, 5.74) is 0. The first-order valence-corrected chi connectivity index (χ1v) is 12.4. The molecule has 0 aromatic rings. The van der Waals surface area contributed by atoms with Gasteiger partial charge in [-0.15, -0.1) is 0 Å². The molecule has 0 saturated carbocycles. The normalized spacial score (nSPS) is 16.0. The van der Waals surface area contributed by atoms with Crippen LogP contribution < -0.4 is 0 Å². The monoisotopic (exact) mass is 491 g/mol. The van der Waals surface area contributed by atoms with E-state index in [1.165, 1.54) is 43.4 Å². The molecular weight excluding hydrogens is 446 g/mol. The highest BCUT2D eigenvalue weighted by molar-refractivity contribution is 5.79. The van der Waals surface area contributed by atoms with Crippen molar-refractivity contribution >= 4 is 18.5 Å². The highest BCUT2D eigenvalue weighted by Gasteiger charge is 2.34. The van der Waals surface area contributed by atoms with Gasteiger partial charge in [-0.05, 0) is 6.42 Å². The Labute approximate surface area is 202 Å². The fraction of sp³-hybridized carbons (Fsp3) is 0.875. The Morgan fingerprint density at radius 2 is 1.35 bits per heavy atom. The van der Waals surface area contributed by atoms with Gasteiger partial charge in [-0.2, -0.15) is 0 Å². The molecule has 0 heterocycles. The molecule has 1 unspecified atom stereocenters. The molecule has 10 heteroatoms. The molecule has 0 fully saturated rings. The lowest BCUT2D eigenvalue weighted by atomic mass is 10.0. The van der Waals surface area contributed by atoms with Crippen LogP contribution in [0.15, 0.2) is 0 Å². The van der Waals surface area contributed by atoms with Gasteiger partial charge in [-0.3, -0.25) is 9.69 Å². The predicted octanol–water partition coefficient (Wildman–Crippen LogP) is 0.345. The van der Waals surface area contributed by atoms with Crippen molar-refractivity contribution < 1.29 is 44.7 Å². The van der Waals surface area contributed by atoms with E-state index in [1.54, 1.807) is 0 Å². The molecule has 5 N–H and O–H groups in total. The van der Waals surface area contributed by atoms with Crippen LogP contribution >= 0.6 is 0 Å². The number of aldehydes is 2. The minimum Gasteiger partial charge on any atom is -0.465 e. The van der Waals surface area contributed by atoms with Crippen LogP contribution in [0, 0.1) is 0 Å². The lowest BCUT2D eigenvalue weighted by Gasteiger charge is -2.32. The molecule has 0 aliphatic carbocycles. The highest BCUT2D eigenvalue weighted by atomic mass is 16.5. The maximum absolute atomic E-state index is 12.5. The zero-order valence-corrected chi connectivity index (χ0v) is 20.5. The molecule has 34 heavy (non-hydrogen) atoms. The second kappa shape index (κ2) is 20.9. The maximum Gasteiger partial charge on any atom is 0.323 e. The molecule has 0 rings (SSSR count). The number of hydrogen-bond donors (Lipinski definition) is 5. The van der Waals surface area contributed by atoms with Crippen LogP contribution in [0.2, 0.25) is 0 Å². The Balaban J connectivity index is 4.56. The number of hydrogen-bond acceptors (Lipinski definition) is 10. The standard InChI is InChI=1S/C24H45NO9/c1-2-3-4-5-6-7-8-9-10-11-16-34-24(33)19(12-14-26)25(13-15-27)17-20(29)22(31)23(32)21(30)18-28/h14-15,19-23,28-32H,2-13,16-18H2,1H3/t19?,20-,21+,22+,23+/m0/s1. The van der Waals surface area contributed by atoms with Crippen LogP contribution in [0.5, 0.6) is 0 Å². The van der Waals surface area contributed by atoms with Crippen molar-refractivity contribution in [2.24, 2.45) is 0 Å². The van der Waals surface area contributed by atoms with Gasteiger partial charge in [0, 0.05) is 13.0 Å². The van der Waals surface area contributed by atoms with Crippen LogP contribution in [0.4, 0.5) is 0 Å². The number of unbranched alkanes of at least 4 members (excludes halogenated alkanes) is 9. The predicted molar refractivity (Wildman–Crippen MR) is 126 cm³/mol. The topological polar surface area (TPSA) is 165 Å². The largest absolute Gasteiger partial charge is 0.465 e. The molecule has 0 aromatic carbocycles. The van der Waals surface area contributed by atoms with E-state index in [2.05, 4.69) is 6.92 Å². The van der Waals surface area contributed by atoms with E-state index in [4.69, 9.17) is 9.84 Å². The number of esters is 1. The summed E-state index contributed by atoms with van der Waals surface area (Å²) < 4.78 is 5.28. The second-order valence-corrected chi connectivity index (χ2v) is 8.69. The first-order valence-electron chi connectivity index (χ1n) is 12.4. The molecular formula is C24H45NO9. The van der Waals surface area contributed by atoms with E-state index in [1.807, 2.05) is 0 Å². The van der Waals surface area contributed by atoms with Crippen molar-refractivity contribution in [3.05, 3.63) is 0 Å². The van der Waals surface area contributed by atoms with Crippen molar-refractivity contribution in [3.8, 4) is 0 Å². The third-order valence-corrected chi connectivity index (χ3v) is 5.83. The minimum atomic E-state index is -1.85. The van der Waals surface area contributed by atoms with Crippen molar-refractivity contribution in [1.29, 1.82) is 0 Å². The average Bonchev–Trinajstić information content (AvgIpc) is 2.83. The van der Waals surface area contributed by atoms with E-state index in [9.17, 15) is 34.8 Å². The number of carbonyl (C=O) groups excluding carboxylic acids is 3. The Morgan fingerprint density at radius 3 is 1.85 bits per heavy atom. The van der Waals surface area contributed by atoms with E-state index in [0.717, 1.165) is 19.3 Å². The number of rotatable bonds is 23. The molecule has 10 nitrogen and oxygen atoms in total. The number of ether oxygens (including phenoxy) is 1. The van der Waals surface area contributed by atoms with Gasteiger partial charge in [0.2, 0.25) is 0 Å². The lowest BCUT2D eigenvalue weighted by Crippen LogP contribution is -2.53. The summed E-state index contributed by atoms with van der Waals surface area (Å²) in [4.78, 5) is 35.9. The van der Waals surface area contributed by atoms with E-state index in [-0.39, 0.29) is 19.6 Å². The molecule has 0 bridgehead atoms. The highest BCUT2D eigenvalue weighted by Crippen LogP contribution is 2.13. The summed E-state index contributed by atoms with van der Waals surface area (Å²) >= 11 is 0. The van der Waals surface area contributed by atoms with Gasteiger partial charge in [0.1, 0.15) is 36.9 Å². The van der Waals surface area contributed by atoms with Gasteiger partial charge >= 0.3 is 5.97 Å². The summed E-state index contributed by atoms with van der Waals surface area (Å²) in [6, 6.07) is -1.15. The Bertz CT molecular complexity index is 535. The van der Waals surface area contributed by atoms with Crippen LogP contribution in [0.25, 0.3) is 0 Å². The first-order chi connectivity index (χ1) is 16.3. The molecule has 0 saturated heterocycles. The first kappa shape index (κ1) is 32.6. The Kier molecular flexibility index (Phi) is 20.0. The molecule has 200 valence electrons. The summed E-state index contributed by atoms with van der Waals surface area (Å²) in [5, 5.41) is 48.3. The third kappa shape index (κ3) is 14.1. The van der Waals surface area contributed by atoms with E-state index in [0.29, 0.717) is 19.0 Å². The minimum absolute atomic E-state index is 0.173. The fourth-order valence-electron chi connectivity index (χ4n) is 3.68. The van der Waals surface area contributed by atoms with Gasteiger partial charge < -0.3 is 39.9 Å². The molecule has 0 aliphatic rings. The average molecular weight is 492 g/mol. The number of carbonyl (C=O) groups is 3. The van der Waals surface area contributed by atoms with Gasteiger partial charge in [-0.1, -0.05) is 64.7 Å². The Hall–Kier alpha value is -1.43. The zero-order valence-electron chi connectivity index (χ0n) is 20.5. The van der Waals surface area contributed by atoms with Crippen LogP contribution in [0.3, 0.4) is 0 Å². The van der Waals surface area contributed by atoms with Gasteiger partial charge in [0.05, 0.1) is 25.9 Å². The number of nitrogens with zero attached hydrogens (tertiary/aromatic N) is 1. The SMILES string of the molecule is CCCCCCCCCCCCOC(=O)C(CC=O)N(CC=O)C[C@H](O)[C@@H](O)[C@H](O)[C@H](O)CO. The van der Waals surface area contributed by atoms with E-state index >= 15 is 0 Å². The van der Waals surface area contributed by atoms with E-state index < -0.39 is 49.6 Å².